The maximum atomic E-state index is 12.8. The second kappa shape index (κ2) is 7.92. The van der Waals surface area contributed by atoms with Crippen LogP contribution in [0, 0.1) is 0 Å². The fraction of sp³-hybridized carbons (Fsp3) is 0.412. The lowest BCUT2D eigenvalue weighted by molar-refractivity contribution is -0.152. The molecule has 2 unspecified atom stereocenters. The Balaban J connectivity index is 1.82. The number of thioether (sulfide) groups is 2. The summed E-state index contributed by atoms with van der Waals surface area (Å²) in [4.78, 5) is 49.1. The van der Waals surface area contributed by atoms with Gasteiger partial charge in [0.25, 0.3) is 5.91 Å². The minimum Gasteiger partial charge on any atom is -0.477 e. The number of rotatable bonds is 7. The largest absolute Gasteiger partial charge is 0.477 e. The predicted octanol–water partition coefficient (Wildman–Crippen LogP) is 0.814. The summed E-state index contributed by atoms with van der Waals surface area (Å²) in [5.41, 5.74) is 0.141. The van der Waals surface area contributed by atoms with E-state index in [4.69, 9.17) is 9.15 Å². The van der Waals surface area contributed by atoms with Gasteiger partial charge in [-0.3, -0.25) is 19.3 Å². The first kappa shape index (κ1) is 20.3. The molecule has 28 heavy (non-hydrogen) atoms. The minimum atomic E-state index is -1.28. The molecule has 1 aromatic heterocycles. The highest BCUT2D eigenvalue weighted by Gasteiger charge is 2.65. The minimum absolute atomic E-state index is 0.0226. The maximum Gasteiger partial charge on any atom is 0.352 e. The van der Waals surface area contributed by atoms with E-state index in [1.165, 1.54) is 41.6 Å². The Hall–Kier alpha value is -2.40. The van der Waals surface area contributed by atoms with Crippen LogP contribution >= 0.6 is 23.5 Å². The van der Waals surface area contributed by atoms with Gasteiger partial charge in [-0.2, -0.15) is 0 Å². The third-order valence-corrected chi connectivity index (χ3v) is 7.50. The molecule has 1 aromatic rings. The van der Waals surface area contributed by atoms with Gasteiger partial charge in [-0.25, -0.2) is 4.79 Å². The molecule has 1 saturated heterocycles. The Morgan fingerprint density at radius 1 is 1.50 bits per heavy atom. The van der Waals surface area contributed by atoms with Crippen LogP contribution in [-0.4, -0.2) is 62.6 Å². The number of aliphatic carboxylic acids is 1. The number of furan rings is 1. The highest BCUT2D eigenvalue weighted by molar-refractivity contribution is 8.18. The molecular formula is C17H18N2O7S2. The van der Waals surface area contributed by atoms with Crippen molar-refractivity contribution in [3.8, 4) is 0 Å². The van der Waals surface area contributed by atoms with E-state index < -0.39 is 34.0 Å². The van der Waals surface area contributed by atoms with Crippen LogP contribution in [0.2, 0.25) is 0 Å². The Labute approximate surface area is 168 Å². The zero-order valence-electron chi connectivity index (χ0n) is 15.1. The maximum absolute atomic E-state index is 12.8. The zero-order chi connectivity index (χ0) is 20.5. The van der Waals surface area contributed by atoms with Crippen LogP contribution in [0.5, 0.6) is 0 Å². The fourth-order valence-corrected chi connectivity index (χ4v) is 5.73. The number of carbonyl (C=O) groups excluding carboxylic acids is 3. The first-order valence-corrected chi connectivity index (χ1v) is 10.4. The van der Waals surface area contributed by atoms with E-state index in [1.807, 2.05) is 0 Å². The molecule has 2 N–H and O–H groups in total. The van der Waals surface area contributed by atoms with Crippen LogP contribution in [0.1, 0.15) is 12.7 Å². The highest BCUT2D eigenvalue weighted by Crippen LogP contribution is 2.55. The first-order valence-electron chi connectivity index (χ1n) is 8.23. The molecule has 1 fully saturated rings. The lowest BCUT2D eigenvalue weighted by atomic mass is 10.0. The van der Waals surface area contributed by atoms with E-state index in [9.17, 15) is 24.3 Å². The third kappa shape index (κ3) is 3.51. The number of nitrogens with one attached hydrogen (secondary N) is 1. The van der Waals surface area contributed by atoms with Crippen LogP contribution in [0.25, 0.3) is 0 Å². The number of carboxylic acid groups (broad SMARTS) is 1. The number of hydrogen-bond donors (Lipinski definition) is 2. The topological polar surface area (TPSA) is 126 Å². The van der Waals surface area contributed by atoms with Crippen LogP contribution in [0.15, 0.2) is 34.1 Å². The number of carbonyl (C=O) groups is 4. The first-order chi connectivity index (χ1) is 13.3. The van der Waals surface area contributed by atoms with Crippen molar-refractivity contribution < 1.29 is 33.4 Å². The van der Waals surface area contributed by atoms with Crippen LogP contribution in [0.4, 0.5) is 0 Å². The molecule has 9 nitrogen and oxygen atoms in total. The van der Waals surface area contributed by atoms with Gasteiger partial charge in [-0.05, 0) is 18.4 Å². The van der Waals surface area contributed by atoms with Crippen LogP contribution in [0.3, 0.4) is 0 Å². The van der Waals surface area contributed by atoms with Crippen molar-refractivity contribution >= 4 is 47.3 Å². The molecule has 0 radical (unpaired) electrons. The van der Waals surface area contributed by atoms with Gasteiger partial charge in [0.1, 0.15) is 18.1 Å². The van der Waals surface area contributed by atoms with Gasteiger partial charge in [0.05, 0.1) is 12.7 Å². The Morgan fingerprint density at radius 3 is 2.82 bits per heavy atom. The Kier molecular flexibility index (Phi) is 5.75. The molecule has 3 rings (SSSR count). The summed E-state index contributed by atoms with van der Waals surface area (Å²) in [6.45, 7) is 1.02. The van der Waals surface area contributed by atoms with Crippen molar-refractivity contribution in [2.45, 2.75) is 23.6 Å². The van der Waals surface area contributed by atoms with E-state index >= 15 is 0 Å². The van der Waals surface area contributed by atoms with E-state index in [1.54, 1.807) is 18.4 Å². The molecule has 0 bridgehead atoms. The second-order valence-electron chi connectivity index (χ2n) is 6.09. The van der Waals surface area contributed by atoms with Gasteiger partial charge < -0.3 is 19.6 Å². The summed E-state index contributed by atoms with van der Waals surface area (Å²) >= 11 is 2.60. The van der Waals surface area contributed by atoms with Crippen molar-refractivity contribution in [3.05, 3.63) is 35.4 Å². The smallest absolute Gasteiger partial charge is 0.352 e. The molecule has 3 heterocycles. The number of ether oxygens (including phenoxy) is 1. The lowest BCUT2D eigenvalue weighted by Crippen LogP contribution is -2.77. The molecule has 150 valence electrons. The van der Waals surface area contributed by atoms with E-state index in [0.717, 1.165) is 0 Å². The number of carboxylic acids is 1. The quantitative estimate of drug-likeness (QED) is 0.481. The number of fused-ring (bicyclic) bond motifs is 1. The predicted molar refractivity (Wildman–Crippen MR) is 101 cm³/mol. The second-order valence-corrected chi connectivity index (χ2v) is 8.58. The summed E-state index contributed by atoms with van der Waals surface area (Å²) < 4.78 is 9.09. The lowest BCUT2D eigenvalue weighted by Gasteiger charge is -2.57. The molecule has 2 aliphatic rings. The standard InChI is InChI=1S/C17H18N2O7S2/c1-9(20)26-7-10-8-28-17(27-2)14(15(22)19(17)13(10)16(23)24)18-12(21)6-11-4-3-5-25-11/h3-5,14H,6-8H2,1-2H3,(H,18,21)(H,23,24). The Bertz CT molecular complexity index is 852. The van der Waals surface area contributed by atoms with Crippen molar-refractivity contribution in [3.63, 3.8) is 0 Å². The van der Waals surface area contributed by atoms with Gasteiger partial charge in [-0.1, -0.05) is 0 Å². The summed E-state index contributed by atoms with van der Waals surface area (Å²) in [6, 6.07) is 2.44. The molecule has 0 spiro atoms. The van der Waals surface area contributed by atoms with Crippen molar-refractivity contribution in [2.24, 2.45) is 0 Å². The van der Waals surface area contributed by atoms with Gasteiger partial charge in [-0.15, -0.1) is 23.5 Å². The normalized spacial score (nSPS) is 23.7. The molecular weight excluding hydrogens is 408 g/mol. The summed E-state index contributed by atoms with van der Waals surface area (Å²) in [5, 5.41) is 12.3. The van der Waals surface area contributed by atoms with E-state index in [-0.39, 0.29) is 24.5 Å². The SMILES string of the molecule is CSC12SCC(COC(C)=O)=C(C(=O)O)N1C(=O)C2NC(=O)Cc1ccco1. The third-order valence-electron chi connectivity index (χ3n) is 4.32. The van der Waals surface area contributed by atoms with E-state index in [2.05, 4.69) is 5.32 Å². The number of esters is 1. The van der Waals surface area contributed by atoms with Crippen molar-refractivity contribution in [1.82, 2.24) is 10.2 Å². The van der Waals surface area contributed by atoms with E-state index in [0.29, 0.717) is 11.3 Å². The van der Waals surface area contributed by atoms with Gasteiger partial charge in [0, 0.05) is 18.2 Å². The number of nitrogens with zero attached hydrogens (tertiary/aromatic N) is 1. The average molecular weight is 426 g/mol. The van der Waals surface area contributed by atoms with Gasteiger partial charge in [0.15, 0.2) is 10.2 Å². The molecule has 2 aliphatic heterocycles. The van der Waals surface area contributed by atoms with Crippen molar-refractivity contribution in [1.29, 1.82) is 0 Å². The number of amides is 2. The zero-order valence-corrected chi connectivity index (χ0v) is 16.7. The van der Waals surface area contributed by atoms with Gasteiger partial charge >= 0.3 is 11.9 Å². The number of β-lactam (4-membered cyclic amide) rings is 1. The Morgan fingerprint density at radius 2 is 2.25 bits per heavy atom. The van der Waals surface area contributed by atoms with Crippen molar-refractivity contribution in [2.75, 3.05) is 18.6 Å². The van der Waals surface area contributed by atoms with Gasteiger partial charge in [0.2, 0.25) is 5.91 Å². The molecule has 2 atom stereocenters. The molecule has 0 aliphatic carbocycles. The molecule has 0 aromatic carbocycles. The summed E-state index contributed by atoms with van der Waals surface area (Å²) in [7, 11) is 0. The highest BCUT2D eigenvalue weighted by atomic mass is 32.2. The molecule has 0 saturated carbocycles. The fourth-order valence-electron chi connectivity index (χ4n) is 3.08. The summed E-state index contributed by atoms with van der Waals surface area (Å²) in [5.74, 6) is -2.02. The average Bonchev–Trinajstić information content (AvgIpc) is 3.15. The number of hydrogen-bond acceptors (Lipinski definition) is 8. The monoisotopic (exact) mass is 426 g/mol. The van der Waals surface area contributed by atoms with Crippen LogP contribution in [-0.2, 0) is 30.3 Å². The summed E-state index contributed by atoms with van der Waals surface area (Å²) in [6.07, 6.45) is 3.17. The molecule has 2 amide bonds. The van der Waals surface area contributed by atoms with Crippen LogP contribution < -0.4 is 5.32 Å². The molecule has 11 heteroatoms.